The second-order valence-corrected chi connectivity index (χ2v) is 18.3. The lowest BCUT2D eigenvalue weighted by molar-refractivity contribution is -0.320. The molecule has 2 amide bonds. The normalized spacial score (nSPS) is 22.9. The van der Waals surface area contributed by atoms with E-state index in [2.05, 4.69) is 148 Å². The molecule has 310 valence electrons. The number of nitrogens with zero attached hydrogens (tertiary/aromatic N) is 4. The number of hydrogen-bond donors (Lipinski definition) is 0. The van der Waals surface area contributed by atoms with Crippen molar-refractivity contribution in [1.82, 2.24) is 19.9 Å². The summed E-state index contributed by atoms with van der Waals surface area (Å²) >= 11 is 0. The Morgan fingerprint density at radius 2 is 0.891 bits per heavy atom. The minimum Gasteiger partial charge on any atom is -0.334 e. The van der Waals surface area contributed by atoms with Crippen molar-refractivity contribution >= 4 is 11.8 Å². The van der Waals surface area contributed by atoms with Crippen LogP contribution in [0.1, 0.15) is 179 Å². The first kappa shape index (κ1) is 46.6. The summed E-state index contributed by atoms with van der Waals surface area (Å²) in [5, 5.41) is 4.20. The van der Waals surface area contributed by atoms with Gasteiger partial charge in [0.05, 0.1) is 11.1 Å². The molecule has 4 rings (SSSR count). The van der Waals surface area contributed by atoms with Gasteiger partial charge in [0.1, 0.15) is 23.3 Å². The Morgan fingerprint density at radius 3 is 1.22 bits per heavy atom. The number of benzene rings is 2. The monoisotopic (exact) mass is 763 g/mol. The van der Waals surface area contributed by atoms with Gasteiger partial charge in [-0.1, -0.05) is 109 Å². The SMILES string of the molecule is CCC1(CC)CN(C(C)(C)C)C(=O)C(C)(CC)N1OC(C)c1ccccc1.CCC1(CC)CN(C(C)(C)C)C(=O)C(CC)(CC)N1OC(C)c1ccccc1. The summed E-state index contributed by atoms with van der Waals surface area (Å²) in [5.41, 5.74) is 0.129. The zero-order chi connectivity index (χ0) is 41.6. The van der Waals surface area contributed by atoms with Crippen molar-refractivity contribution in [2.24, 2.45) is 0 Å². The van der Waals surface area contributed by atoms with Crippen LogP contribution in [0.5, 0.6) is 0 Å². The van der Waals surface area contributed by atoms with Gasteiger partial charge in [-0.2, -0.15) is 10.1 Å². The maximum absolute atomic E-state index is 13.8. The smallest absolute Gasteiger partial charge is 0.245 e. The molecular formula is C47H78N4O4. The van der Waals surface area contributed by atoms with Crippen LogP contribution in [0.2, 0.25) is 0 Å². The van der Waals surface area contributed by atoms with E-state index >= 15 is 0 Å². The van der Waals surface area contributed by atoms with Crippen LogP contribution < -0.4 is 0 Å². The standard InChI is InChI=1S/C24H40N2O2.C23H38N2O2/c1-9-23(10-2)18-25(22(6,7)8)21(27)24(11-3,12-4)26(23)28-19(5)20-16-14-13-15-17-20;1-9-22(8)20(26)24(21(5,6)7)17-23(10-2,11-3)25(22)27-18(4)19-15-13-12-14-16-19/h13-17,19H,9-12,18H2,1-8H3;12-16,18H,9-11,17H2,1-8H3. The Bertz CT molecular complexity index is 1500. The third-order valence-electron chi connectivity index (χ3n) is 13.1. The molecule has 0 radical (unpaired) electrons. The number of hydrogen-bond acceptors (Lipinski definition) is 6. The van der Waals surface area contributed by atoms with Gasteiger partial charge in [-0.05, 0) is 118 Å². The van der Waals surface area contributed by atoms with E-state index in [1.54, 1.807) is 0 Å². The quantitative estimate of drug-likeness (QED) is 0.202. The Kier molecular flexibility index (Phi) is 15.4. The maximum atomic E-state index is 13.8. The molecular weight excluding hydrogens is 685 g/mol. The van der Waals surface area contributed by atoms with Gasteiger partial charge in [0.25, 0.3) is 0 Å². The van der Waals surface area contributed by atoms with Crippen molar-refractivity contribution in [2.45, 2.75) is 201 Å². The molecule has 0 aromatic heterocycles. The van der Waals surface area contributed by atoms with Gasteiger partial charge in [0.2, 0.25) is 11.8 Å². The first-order valence-electron chi connectivity index (χ1n) is 21.4. The molecule has 2 aliphatic heterocycles. The molecule has 2 saturated heterocycles. The van der Waals surface area contributed by atoms with E-state index in [9.17, 15) is 9.59 Å². The molecule has 3 unspecified atom stereocenters. The highest BCUT2D eigenvalue weighted by molar-refractivity contribution is 5.88. The van der Waals surface area contributed by atoms with Crippen molar-refractivity contribution in [3.63, 3.8) is 0 Å². The predicted octanol–water partition coefficient (Wildman–Crippen LogP) is 11.1. The van der Waals surface area contributed by atoms with Gasteiger partial charge in [0, 0.05) is 24.2 Å². The molecule has 0 saturated carbocycles. The minimum atomic E-state index is -0.680. The lowest BCUT2D eigenvalue weighted by atomic mass is 9.77. The van der Waals surface area contributed by atoms with E-state index in [-0.39, 0.29) is 46.2 Å². The van der Waals surface area contributed by atoms with E-state index in [0.717, 1.165) is 49.7 Å². The van der Waals surface area contributed by atoms with Crippen molar-refractivity contribution in [3.8, 4) is 0 Å². The van der Waals surface area contributed by atoms with Crippen molar-refractivity contribution < 1.29 is 19.3 Å². The largest absolute Gasteiger partial charge is 0.334 e. The summed E-state index contributed by atoms with van der Waals surface area (Å²) in [6.45, 7) is 35.6. The summed E-state index contributed by atoms with van der Waals surface area (Å²) < 4.78 is 0. The van der Waals surface area contributed by atoms with Crippen molar-refractivity contribution in [2.75, 3.05) is 13.1 Å². The Labute approximate surface area is 336 Å². The third-order valence-corrected chi connectivity index (χ3v) is 13.1. The van der Waals surface area contributed by atoms with E-state index < -0.39 is 11.1 Å². The topological polar surface area (TPSA) is 65.6 Å². The number of amides is 2. The average Bonchev–Trinajstić information content (AvgIpc) is 3.17. The van der Waals surface area contributed by atoms with Gasteiger partial charge in [-0.3, -0.25) is 19.3 Å². The van der Waals surface area contributed by atoms with Crippen LogP contribution in [0.15, 0.2) is 60.7 Å². The highest BCUT2D eigenvalue weighted by Gasteiger charge is 2.60. The van der Waals surface area contributed by atoms with Gasteiger partial charge in [-0.15, -0.1) is 0 Å². The first-order valence-corrected chi connectivity index (χ1v) is 21.4. The van der Waals surface area contributed by atoms with Crippen LogP contribution in [0.3, 0.4) is 0 Å². The van der Waals surface area contributed by atoms with Crippen LogP contribution in [-0.2, 0) is 19.3 Å². The molecule has 2 aromatic carbocycles. The van der Waals surface area contributed by atoms with E-state index in [0.29, 0.717) is 19.5 Å². The number of rotatable bonds is 13. The molecule has 8 nitrogen and oxygen atoms in total. The average molecular weight is 763 g/mol. The van der Waals surface area contributed by atoms with Gasteiger partial charge in [-0.25, -0.2) is 0 Å². The molecule has 0 spiro atoms. The Balaban J connectivity index is 0.000000296. The molecule has 2 aliphatic rings. The first-order chi connectivity index (χ1) is 25.7. The summed E-state index contributed by atoms with van der Waals surface area (Å²) in [6.07, 6.45) is 5.70. The molecule has 3 atom stereocenters. The number of piperazine rings is 2. The van der Waals surface area contributed by atoms with Gasteiger partial charge < -0.3 is 9.80 Å². The Hall–Kier alpha value is -2.78. The summed E-state index contributed by atoms with van der Waals surface area (Å²) in [4.78, 5) is 44.8. The fourth-order valence-corrected chi connectivity index (χ4v) is 8.62. The highest BCUT2D eigenvalue weighted by Crippen LogP contribution is 2.46. The zero-order valence-corrected chi connectivity index (χ0v) is 37.7. The zero-order valence-electron chi connectivity index (χ0n) is 37.7. The predicted molar refractivity (Wildman–Crippen MR) is 227 cm³/mol. The fraction of sp³-hybridized carbons (Fsp3) is 0.702. The van der Waals surface area contributed by atoms with Gasteiger partial charge >= 0.3 is 0 Å². The minimum absolute atomic E-state index is 0.106. The van der Waals surface area contributed by atoms with Crippen LogP contribution in [0.25, 0.3) is 0 Å². The van der Waals surface area contributed by atoms with Gasteiger partial charge in [0.15, 0.2) is 0 Å². The Morgan fingerprint density at radius 1 is 0.545 bits per heavy atom. The van der Waals surface area contributed by atoms with Crippen LogP contribution >= 0.6 is 0 Å². The van der Waals surface area contributed by atoms with Crippen molar-refractivity contribution in [3.05, 3.63) is 71.8 Å². The fourth-order valence-electron chi connectivity index (χ4n) is 8.62. The summed E-state index contributed by atoms with van der Waals surface area (Å²) in [7, 11) is 0. The van der Waals surface area contributed by atoms with E-state index in [1.807, 2.05) is 43.3 Å². The molecule has 2 heterocycles. The second-order valence-electron chi connectivity index (χ2n) is 18.3. The lowest BCUT2D eigenvalue weighted by Crippen LogP contribution is -2.76. The molecule has 0 aliphatic carbocycles. The summed E-state index contributed by atoms with van der Waals surface area (Å²) in [6, 6.07) is 20.5. The number of carbonyl (C=O) groups is 2. The van der Waals surface area contributed by atoms with Crippen LogP contribution in [-0.4, -0.2) is 78.1 Å². The molecule has 0 N–H and O–H groups in total. The second kappa shape index (κ2) is 18.2. The highest BCUT2D eigenvalue weighted by atomic mass is 16.7. The number of hydroxylamine groups is 4. The number of carbonyl (C=O) groups excluding carboxylic acids is 2. The van der Waals surface area contributed by atoms with Crippen molar-refractivity contribution in [1.29, 1.82) is 0 Å². The van der Waals surface area contributed by atoms with Crippen LogP contribution in [0.4, 0.5) is 0 Å². The molecule has 2 fully saturated rings. The molecule has 55 heavy (non-hydrogen) atoms. The molecule has 8 heteroatoms. The maximum Gasteiger partial charge on any atom is 0.245 e. The van der Waals surface area contributed by atoms with Crippen LogP contribution in [0, 0.1) is 0 Å². The van der Waals surface area contributed by atoms with E-state index in [4.69, 9.17) is 9.68 Å². The molecule has 2 aromatic rings. The van der Waals surface area contributed by atoms with E-state index in [1.165, 1.54) is 0 Å². The lowest BCUT2D eigenvalue weighted by Gasteiger charge is -2.61. The summed E-state index contributed by atoms with van der Waals surface area (Å²) in [5.74, 6) is 0.359. The third kappa shape index (κ3) is 9.19. The molecule has 0 bridgehead atoms.